The average Bonchev–Trinajstić information content (AvgIpc) is 3.02. The molecule has 0 bridgehead atoms. The Morgan fingerprint density at radius 2 is 2.21 bits per heavy atom. The molecule has 3 rings (SSSR count). The summed E-state index contributed by atoms with van der Waals surface area (Å²) < 4.78 is 13.9. The molecule has 0 spiro atoms. The first-order valence-corrected chi connectivity index (χ1v) is 9.16. The molecule has 6 heteroatoms. The van der Waals surface area contributed by atoms with Crippen molar-refractivity contribution in [3.05, 3.63) is 52.5 Å². The van der Waals surface area contributed by atoms with Crippen LogP contribution in [0.4, 0.5) is 0 Å². The molecule has 5 nitrogen and oxygen atoms in total. The Kier molecular flexibility index (Phi) is 6.18. The van der Waals surface area contributed by atoms with Crippen molar-refractivity contribution in [3.63, 3.8) is 0 Å². The summed E-state index contributed by atoms with van der Waals surface area (Å²) in [6.07, 6.45) is 5.20. The summed E-state index contributed by atoms with van der Waals surface area (Å²) in [6.45, 7) is 3.98. The minimum absolute atomic E-state index is 0.0632. The van der Waals surface area contributed by atoms with E-state index < -0.39 is 0 Å². The molecular formula is C18H22BrN3O2. The van der Waals surface area contributed by atoms with E-state index in [9.17, 15) is 0 Å². The predicted octanol–water partition coefficient (Wildman–Crippen LogP) is 4.21. The fraction of sp³-hybridized carbons (Fsp3) is 0.444. The molecule has 128 valence electrons. The van der Waals surface area contributed by atoms with E-state index in [1.54, 1.807) is 0 Å². The Bertz CT molecular complexity index is 679. The molecule has 0 aliphatic carbocycles. The second kappa shape index (κ2) is 8.55. The van der Waals surface area contributed by atoms with Gasteiger partial charge in [-0.2, -0.15) is 0 Å². The lowest BCUT2D eigenvalue weighted by atomic mass is 10.0. The molecule has 0 amide bonds. The molecule has 1 aliphatic heterocycles. The molecule has 0 N–H and O–H groups in total. The fourth-order valence-electron chi connectivity index (χ4n) is 2.81. The molecule has 1 saturated heterocycles. The molecule has 0 radical (unpaired) electrons. The molecule has 0 saturated carbocycles. The summed E-state index contributed by atoms with van der Waals surface area (Å²) >= 11 is 3.42. The van der Waals surface area contributed by atoms with Gasteiger partial charge in [0.25, 0.3) is 0 Å². The van der Waals surface area contributed by atoms with Gasteiger partial charge < -0.3 is 9.47 Å². The molecule has 1 fully saturated rings. The van der Waals surface area contributed by atoms with Gasteiger partial charge in [-0.1, -0.05) is 30.3 Å². The van der Waals surface area contributed by atoms with Gasteiger partial charge in [0, 0.05) is 18.8 Å². The highest BCUT2D eigenvalue weighted by Crippen LogP contribution is 2.29. The monoisotopic (exact) mass is 391 g/mol. The number of aromatic nitrogens is 3. The minimum atomic E-state index is -0.0632. The molecule has 2 heterocycles. The number of hydrogen-bond donors (Lipinski definition) is 0. The van der Waals surface area contributed by atoms with Crippen LogP contribution in [-0.4, -0.2) is 34.6 Å². The van der Waals surface area contributed by atoms with Gasteiger partial charge in [0.1, 0.15) is 0 Å². The highest BCUT2D eigenvalue weighted by atomic mass is 79.9. The van der Waals surface area contributed by atoms with Crippen LogP contribution in [0.5, 0.6) is 0 Å². The number of hydrogen-bond acceptors (Lipinski definition) is 4. The zero-order valence-electron chi connectivity index (χ0n) is 13.8. The second-order valence-electron chi connectivity index (χ2n) is 5.61. The van der Waals surface area contributed by atoms with Crippen molar-refractivity contribution in [1.82, 2.24) is 14.8 Å². The van der Waals surface area contributed by atoms with E-state index in [0.29, 0.717) is 17.9 Å². The Labute approximate surface area is 150 Å². The van der Waals surface area contributed by atoms with Crippen molar-refractivity contribution in [2.45, 2.75) is 32.4 Å². The van der Waals surface area contributed by atoms with Crippen LogP contribution in [0.15, 0.2) is 41.1 Å². The summed E-state index contributed by atoms with van der Waals surface area (Å²) in [5.74, 6) is 0.805. The number of halogens is 1. The van der Waals surface area contributed by atoms with E-state index >= 15 is 0 Å². The van der Waals surface area contributed by atoms with Crippen LogP contribution in [-0.2, 0) is 9.47 Å². The lowest BCUT2D eigenvalue weighted by Gasteiger charge is -2.24. The van der Waals surface area contributed by atoms with Gasteiger partial charge in [-0.05, 0) is 53.8 Å². The van der Waals surface area contributed by atoms with Crippen LogP contribution in [0.25, 0.3) is 5.57 Å². The third-order valence-corrected chi connectivity index (χ3v) is 4.30. The molecular weight excluding hydrogens is 370 g/mol. The van der Waals surface area contributed by atoms with E-state index in [2.05, 4.69) is 44.2 Å². The summed E-state index contributed by atoms with van der Waals surface area (Å²) in [5, 5.41) is 4.52. The SMILES string of the molecule is CCOC/C=C(/c1ccccc1)c1nc(Br)nn1C1CCCCO1. The Hall–Kier alpha value is -1.50. The normalized spacial score (nSPS) is 18.8. The molecule has 1 atom stereocenters. The summed E-state index contributed by atoms with van der Waals surface area (Å²) in [4.78, 5) is 4.61. The van der Waals surface area contributed by atoms with Gasteiger partial charge in [-0.3, -0.25) is 0 Å². The Morgan fingerprint density at radius 1 is 1.38 bits per heavy atom. The maximum absolute atomic E-state index is 5.91. The topological polar surface area (TPSA) is 49.2 Å². The van der Waals surface area contributed by atoms with Crippen LogP contribution in [0.3, 0.4) is 0 Å². The third kappa shape index (κ3) is 4.12. The zero-order chi connectivity index (χ0) is 16.8. The minimum Gasteiger partial charge on any atom is -0.378 e. The van der Waals surface area contributed by atoms with Crippen molar-refractivity contribution < 1.29 is 9.47 Å². The molecule has 24 heavy (non-hydrogen) atoms. The van der Waals surface area contributed by atoms with Gasteiger partial charge in [0.2, 0.25) is 4.73 Å². The van der Waals surface area contributed by atoms with Gasteiger partial charge >= 0.3 is 0 Å². The fourth-order valence-corrected chi connectivity index (χ4v) is 3.15. The van der Waals surface area contributed by atoms with Crippen LogP contribution >= 0.6 is 15.9 Å². The second-order valence-corrected chi connectivity index (χ2v) is 6.32. The first kappa shape index (κ1) is 17.3. The van der Waals surface area contributed by atoms with Crippen molar-refractivity contribution in [2.24, 2.45) is 0 Å². The Balaban J connectivity index is 1.99. The first-order chi connectivity index (χ1) is 11.8. The van der Waals surface area contributed by atoms with Crippen molar-refractivity contribution in [1.29, 1.82) is 0 Å². The van der Waals surface area contributed by atoms with Crippen molar-refractivity contribution >= 4 is 21.5 Å². The van der Waals surface area contributed by atoms with Gasteiger partial charge in [0.15, 0.2) is 12.1 Å². The highest BCUT2D eigenvalue weighted by Gasteiger charge is 2.23. The van der Waals surface area contributed by atoms with E-state index in [4.69, 9.17) is 9.47 Å². The predicted molar refractivity (Wildman–Crippen MR) is 96.6 cm³/mol. The molecule has 1 aromatic heterocycles. The maximum Gasteiger partial charge on any atom is 0.217 e. The molecule has 1 aromatic carbocycles. The van der Waals surface area contributed by atoms with E-state index in [1.165, 1.54) is 0 Å². The van der Waals surface area contributed by atoms with Gasteiger partial charge in [-0.15, -0.1) is 5.10 Å². The zero-order valence-corrected chi connectivity index (χ0v) is 15.4. The largest absolute Gasteiger partial charge is 0.378 e. The Morgan fingerprint density at radius 3 is 2.92 bits per heavy atom. The number of ether oxygens (including phenoxy) is 2. The first-order valence-electron chi connectivity index (χ1n) is 8.37. The summed E-state index contributed by atoms with van der Waals surface area (Å²) in [5.41, 5.74) is 2.10. The van der Waals surface area contributed by atoms with Crippen molar-refractivity contribution in [3.8, 4) is 0 Å². The van der Waals surface area contributed by atoms with Crippen LogP contribution < -0.4 is 0 Å². The van der Waals surface area contributed by atoms with Gasteiger partial charge in [-0.25, -0.2) is 9.67 Å². The van der Waals surface area contributed by atoms with Gasteiger partial charge in [0.05, 0.1) is 6.61 Å². The quantitative estimate of drug-likeness (QED) is 0.692. The molecule has 1 aliphatic rings. The lowest BCUT2D eigenvalue weighted by molar-refractivity contribution is -0.0403. The van der Waals surface area contributed by atoms with Crippen LogP contribution in [0.1, 0.15) is 43.8 Å². The standard InChI is InChI=1S/C18H22BrN3O2/c1-2-23-13-11-15(14-8-4-3-5-9-14)17-20-18(19)21-22(17)16-10-6-7-12-24-16/h3-5,8-9,11,16H,2,6-7,10,12-13H2,1H3/b15-11-. The number of benzene rings is 1. The summed E-state index contributed by atoms with van der Waals surface area (Å²) in [6, 6.07) is 10.2. The average molecular weight is 392 g/mol. The molecule has 1 unspecified atom stereocenters. The van der Waals surface area contributed by atoms with E-state index in [1.807, 2.05) is 29.8 Å². The lowest BCUT2D eigenvalue weighted by Crippen LogP contribution is -2.21. The number of nitrogens with zero attached hydrogens (tertiary/aromatic N) is 3. The smallest absolute Gasteiger partial charge is 0.217 e. The highest BCUT2D eigenvalue weighted by molar-refractivity contribution is 9.10. The molecule has 2 aromatic rings. The number of rotatable bonds is 6. The van der Waals surface area contributed by atoms with Crippen LogP contribution in [0, 0.1) is 0 Å². The summed E-state index contributed by atoms with van der Waals surface area (Å²) in [7, 11) is 0. The van der Waals surface area contributed by atoms with Crippen molar-refractivity contribution in [2.75, 3.05) is 19.8 Å². The van der Waals surface area contributed by atoms with E-state index in [-0.39, 0.29) is 6.23 Å². The third-order valence-electron chi connectivity index (χ3n) is 3.97. The van der Waals surface area contributed by atoms with E-state index in [0.717, 1.165) is 42.8 Å². The maximum atomic E-state index is 5.91. The van der Waals surface area contributed by atoms with Crippen LogP contribution in [0.2, 0.25) is 0 Å².